The molecule has 0 spiro atoms. The van der Waals surface area contributed by atoms with Crippen molar-refractivity contribution in [1.29, 1.82) is 0 Å². The van der Waals surface area contributed by atoms with E-state index < -0.39 is 5.60 Å². The van der Waals surface area contributed by atoms with Crippen molar-refractivity contribution >= 4 is 17.7 Å². The van der Waals surface area contributed by atoms with Crippen molar-refractivity contribution in [2.75, 3.05) is 6.54 Å². The third kappa shape index (κ3) is 4.37. The van der Waals surface area contributed by atoms with Gasteiger partial charge in [-0.05, 0) is 57.7 Å². The average Bonchev–Trinajstić information content (AvgIpc) is 2.45. The first-order chi connectivity index (χ1) is 10.3. The summed E-state index contributed by atoms with van der Waals surface area (Å²) in [7, 11) is 0. The third-order valence-corrected chi connectivity index (χ3v) is 4.10. The van der Waals surface area contributed by atoms with E-state index in [0.29, 0.717) is 11.6 Å². The van der Waals surface area contributed by atoms with Gasteiger partial charge in [0.15, 0.2) is 0 Å². The fraction of sp³-hybridized carbons (Fsp3) is 0.588. The molecule has 1 amide bonds. The quantitative estimate of drug-likeness (QED) is 0.890. The van der Waals surface area contributed by atoms with E-state index in [1.54, 1.807) is 4.90 Å². The van der Waals surface area contributed by atoms with Gasteiger partial charge in [0.25, 0.3) is 0 Å². The molecule has 1 saturated heterocycles. The maximum absolute atomic E-state index is 12.4. The summed E-state index contributed by atoms with van der Waals surface area (Å²) in [6, 6.07) is 7.24. The Hall–Kier alpha value is -1.26. The van der Waals surface area contributed by atoms with Crippen molar-refractivity contribution in [2.45, 2.75) is 57.7 Å². The normalized spacial score (nSPS) is 20.6. The number of hydrogen-bond acceptors (Lipinski definition) is 3. The zero-order valence-corrected chi connectivity index (χ0v) is 14.3. The summed E-state index contributed by atoms with van der Waals surface area (Å²) < 4.78 is 5.52. The van der Waals surface area contributed by atoms with Crippen molar-refractivity contribution in [2.24, 2.45) is 5.73 Å². The number of amides is 1. The molecular weight excluding hydrogens is 300 g/mol. The summed E-state index contributed by atoms with van der Waals surface area (Å²) in [5, 5.41) is 0.684. The van der Waals surface area contributed by atoms with Crippen molar-refractivity contribution in [3.63, 3.8) is 0 Å². The SMILES string of the molecule is CC(C)(C)OC(=O)N1CCCCC1C(N)c1ccc(Cl)cc1. The van der Waals surface area contributed by atoms with Crippen LogP contribution in [0.5, 0.6) is 0 Å². The molecular formula is C17H25ClN2O2. The Balaban J connectivity index is 2.15. The highest BCUT2D eigenvalue weighted by molar-refractivity contribution is 6.30. The molecule has 2 N–H and O–H groups in total. The molecule has 0 bridgehead atoms. The van der Waals surface area contributed by atoms with Crippen LogP contribution in [0.3, 0.4) is 0 Å². The van der Waals surface area contributed by atoms with E-state index in [1.165, 1.54) is 0 Å². The van der Waals surface area contributed by atoms with Crippen molar-refractivity contribution in [3.05, 3.63) is 34.9 Å². The Morgan fingerprint density at radius 2 is 1.95 bits per heavy atom. The van der Waals surface area contributed by atoms with E-state index in [1.807, 2.05) is 45.0 Å². The summed E-state index contributed by atoms with van der Waals surface area (Å²) in [5.41, 5.74) is 6.91. The van der Waals surface area contributed by atoms with E-state index in [-0.39, 0.29) is 18.2 Å². The smallest absolute Gasteiger partial charge is 0.410 e. The van der Waals surface area contributed by atoms with E-state index >= 15 is 0 Å². The number of nitrogens with two attached hydrogens (primary N) is 1. The first kappa shape index (κ1) is 17.1. The second-order valence-corrected chi connectivity index (χ2v) is 7.25. The van der Waals surface area contributed by atoms with Crippen LogP contribution in [0.4, 0.5) is 4.79 Å². The number of ether oxygens (including phenoxy) is 1. The van der Waals surface area contributed by atoms with Gasteiger partial charge in [-0.3, -0.25) is 0 Å². The van der Waals surface area contributed by atoms with Crippen molar-refractivity contribution in [1.82, 2.24) is 4.90 Å². The van der Waals surface area contributed by atoms with Gasteiger partial charge in [-0.15, -0.1) is 0 Å². The molecule has 2 unspecified atom stereocenters. The molecule has 1 aliphatic rings. The minimum Gasteiger partial charge on any atom is -0.444 e. The summed E-state index contributed by atoms with van der Waals surface area (Å²) in [6.45, 7) is 6.33. The van der Waals surface area contributed by atoms with E-state index in [4.69, 9.17) is 22.1 Å². The molecule has 0 saturated carbocycles. The number of hydrogen-bond donors (Lipinski definition) is 1. The lowest BCUT2D eigenvalue weighted by Gasteiger charge is -2.39. The lowest BCUT2D eigenvalue weighted by Crippen LogP contribution is -2.50. The van der Waals surface area contributed by atoms with Crippen LogP contribution >= 0.6 is 11.6 Å². The molecule has 0 radical (unpaired) electrons. The summed E-state index contributed by atoms with van der Waals surface area (Å²) >= 11 is 5.93. The summed E-state index contributed by atoms with van der Waals surface area (Å²) in [6.07, 6.45) is 2.68. The number of benzene rings is 1. The van der Waals surface area contributed by atoms with Gasteiger partial charge < -0.3 is 15.4 Å². The molecule has 1 heterocycles. The van der Waals surface area contributed by atoms with Crippen molar-refractivity contribution in [3.8, 4) is 0 Å². The van der Waals surface area contributed by atoms with Crippen LogP contribution in [0, 0.1) is 0 Å². The second-order valence-electron chi connectivity index (χ2n) is 6.81. The Kier molecular flexibility index (Phi) is 5.35. The maximum Gasteiger partial charge on any atom is 0.410 e. The van der Waals surface area contributed by atoms with Crippen LogP contribution in [0.2, 0.25) is 5.02 Å². The first-order valence-corrected chi connectivity index (χ1v) is 8.16. The number of carbonyl (C=O) groups excluding carboxylic acids is 1. The fourth-order valence-electron chi connectivity index (χ4n) is 2.79. The highest BCUT2D eigenvalue weighted by atomic mass is 35.5. The van der Waals surface area contributed by atoms with Gasteiger partial charge in [0.2, 0.25) is 0 Å². The van der Waals surface area contributed by atoms with E-state index in [9.17, 15) is 4.79 Å². The predicted molar refractivity (Wildman–Crippen MR) is 89.0 cm³/mol. The lowest BCUT2D eigenvalue weighted by molar-refractivity contribution is 0.00649. The van der Waals surface area contributed by atoms with Crippen molar-refractivity contribution < 1.29 is 9.53 Å². The molecule has 5 heteroatoms. The lowest BCUT2D eigenvalue weighted by atomic mass is 9.92. The van der Waals surface area contributed by atoms with Gasteiger partial charge in [0.05, 0.1) is 12.1 Å². The minimum absolute atomic E-state index is 0.0372. The molecule has 4 nitrogen and oxygen atoms in total. The molecule has 0 aromatic heterocycles. The predicted octanol–water partition coefficient (Wildman–Crippen LogP) is 4.13. The molecule has 0 aliphatic carbocycles. The topological polar surface area (TPSA) is 55.6 Å². The maximum atomic E-state index is 12.4. The molecule has 2 rings (SSSR count). The molecule has 1 fully saturated rings. The Bertz CT molecular complexity index is 510. The zero-order chi connectivity index (χ0) is 16.3. The van der Waals surface area contributed by atoms with E-state index in [2.05, 4.69) is 0 Å². The number of piperidine rings is 1. The van der Waals surface area contributed by atoms with Gasteiger partial charge in [-0.2, -0.15) is 0 Å². The Morgan fingerprint density at radius 3 is 2.55 bits per heavy atom. The van der Waals surface area contributed by atoms with Crippen LogP contribution in [0.25, 0.3) is 0 Å². The number of nitrogens with zero attached hydrogens (tertiary/aromatic N) is 1. The number of rotatable bonds is 2. The van der Waals surface area contributed by atoms with Crippen LogP contribution in [0.1, 0.15) is 51.6 Å². The number of carbonyl (C=O) groups is 1. The second kappa shape index (κ2) is 6.88. The monoisotopic (exact) mass is 324 g/mol. The molecule has 1 aliphatic heterocycles. The average molecular weight is 325 g/mol. The number of likely N-dealkylation sites (tertiary alicyclic amines) is 1. The van der Waals surface area contributed by atoms with Gasteiger partial charge in [-0.1, -0.05) is 23.7 Å². The van der Waals surface area contributed by atoms with E-state index in [0.717, 1.165) is 24.8 Å². The largest absolute Gasteiger partial charge is 0.444 e. The van der Waals surface area contributed by atoms with Crippen LogP contribution in [-0.4, -0.2) is 29.2 Å². The molecule has 1 aromatic carbocycles. The molecule has 122 valence electrons. The third-order valence-electron chi connectivity index (χ3n) is 3.85. The summed E-state index contributed by atoms with van der Waals surface area (Å²) in [5.74, 6) is 0. The van der Waals surface area contributed by atoms with Crippen LogP contribution in [-0.2, 0) is 4.74 Å². The zero-order valence-electron chi connectivity index (χ0n) is 13.5. The van der Waals surface area contributed by atoms with Crippen LogP contribution < -0.4 is 5.73 Å². The summed E-state index contributed by atoms with van der Waals surface area (Å²) in [4.78, 5) is 14.2. The highest BCUT2D eigenvalue weighted by Crippen LogP contribution is 2.29. The molecule has 22 heavy (non-hydrogen) atoms. The van der Waals surface area contributed by atoms with Gasteiger partial charge in [0, 0.05) is 11.6 Å². The fourth-order valence-corrected chi connectivity index (χ4v) is 2.91. The minimum atomic E-state index is -0.497. The highest BCUT2D eigenvalue weighted by Gasteiger charge is 2.34. The number of halogens is 1. The standard InChI is InChI=1S/C17H25ClN2O2/c1-17(2,3)22-16(21)20-11-5-4-6-14(20)15(19)12-7-9-13(18)10-8-12/h7-10,14-15H,4-6,11,19H2,1-3H3. The van der Waals surface area contributed by atoms with Gasteiger partial charge >= 0.3 is 6.09 Å². The molecule has 2 atom stereocenters. The first-order valence-electron chi connectivity index (χ1n) is 7.78. The Morgan fingerprint density at radius 1 is 1.32 bits per heavy atom. The van der Waals surface area contributed by atoms with Crippen LogP contribution in [0.15, 0.2) is 24.3 Å². The van der Waals surface area contributed by atoms with Gasteiger partial charge in [-0.25, -0.2) is 4.79 Å². The van der Waals surface area contributed by atoms with Gasteiger partial charge in [0.1, 0.15) is 5.60 Å². The Labute approximate surface area is 137 Å². The molecule has 1 aromatic rings.